The Morgan fingerprint density at radius 1 is 1.44 bits per heavy atom. The molecule has 0 aliphatic rings. The number of aromatic amines is 1. The molecular weight excluding hydrogens is 345 g/mol. The highest BCUT2D eigenvalue weighted by Gasteiger charge is 2.16. The fourth-order valence-corrected chi connectivity index (χ4v) is 2.06. The molecule has 2 aromatic heterocycles. The Balaban J connectivity index is 2.14. The molecule has 0 aliphatic carbocycles. The van der Waals surface area contributed by atoms with E-state index in [4.69, 9.17) is 4.74 Å². The first-order valence-corrected chi connectivity index (χ1v) is 6.56. The van der Waals surface area contributed by atoms with Crippen molar-refractivity contribution in [3.63, 3.8) is 0 Å². The van der Waals surface area contributed by atoms with Crippen LogP contribution in [0.2, 0.25) is 0 Å². The summed E-state index contributed by atoms with van der Waals surface area (Å²) in [6.07, 6.45) is 1.12. The maximum Gasteiger partial charge on any atom is 0.412 e. The van der Waals surface area contributed by atoms with Gasteiger partial charge < -0.3 is 9.72 Å². The Labute approximate surface area is 118 Å². The zero-order chi connectivity index (χ0) is 13.3. The fraction of sp³-hybridized carbons (Fsp3) is 0.333. The van der Waals surface area contributed by atoms with Crippen LogP contribution in [0.1, 0.15) is 20.8 Å². The summed E-state index contributed by atoms with van der Waals surface area (Å²) in [4.78, 5) is 18.9. The van der Waals surface area contributed by atoms with Crippen molar-refractivity contribution in [2.45, 2.75) is 26.4 Å². The molecule has 2 N–H and O–H groups in total. The number of nitrogens with zero attached hydrogens (tertiary/aromatic N) is 1. The van der Waals surface area contributed by atoms with E-state index in [1.807, 2.05) is 32.9 Å². The van der Waals surface area contributed by atoms with Crippen molar-refractivity contribution in [1.82, 2.24) is 9.97 Å². The Morgan fingerprint density at radius 2 is 2.17 bits per heavy atom. The lowest BCUT2D eigenvalue weighted by Crippen LogP contribution is -2.27. The molecule has 0 aliphatic heterocycles. The number of pyridine rings is 1. The minimum absolute atomic E-state index is 0.478. The van der Waals surface area contributed by atoms with E-state index in [0.717, 1.165) is 14.7 Å². The van der Waals surface area contributed by atoms with E-state index in [-0.39, 0.29) is 0 Å². The number of anilines is 1. The Bertz CT molecular complexity index is 587. The fourth-order valence-electron chi connectivity index (χ4n) is 1.47. The zero-order valence-corrected chi connectivity index (χ0v) is 12.5. The number of nitrogens with one attached hydrogen (secondary N) is 2. The summed E-state index contributed by atoms with van der Waals surface area (Å²) in [7, 11) is 0. The summed E-state index contributed by atoms with van der Waals surface area (Å²) in [6, 6.07) is 3.81. The van der Waals surface area contributed by atoms with Gasteiger partial charge in [-0.25, -0.2) is 9.78 Å². The van der Waals surface area contributed by atoms with Gasteiger partial charge in [-0.05, 0) is 55.5 Å². The van der Waals surface area contributed by atoms with Crippen molar-refractivity contribution >= 4 is 45.4 Å². The molecule has 1 amide bonds. The molecule has 96 valence electrons. The summed E-state index contributed by atoms with van der Waals surface area (Å²) < 4.78 is 6.18. The van der Waals surface area contributed by atoms with E-state index in [2.05, 4.69) is 37.9 Å². The molecule has 0 saturated heterocycles. The maximum atomic E-state index is 11.6. The molecule has 2 heterocycles. The molecule has 2 aromatic rings. The van der Waals surface area contributed by atoms with Crippen LogP contribution >= 0.6 is 22.6 Å². The van der Waals surface area contributed by atoms with Crippen LogP contribution in [0.4, 0.5) is 10.5 Å². The van der Waals surface area contributed by atoms with Crippen molar-refractivity contribution in [3.05, 3.63) is 22.0 Å². The second kappa shape index (κ2) is 4.75. The van der Waals surface area contributed by atoms with Crippen LogP contribution in [0.3, 0.4) is 0 Å². The number of fused-ring (bicyclic) bond motifs is 1. The SMILES string of the molecule is CC(C)(C)OC(=O)Nc1cnc2[nH]c(I)cc2c1. The third kappa shape index (κ3) is 3.34. The molecule has 0 fully saturated rings. The summed E-state index contributed by atoms with van der Waals surface area (Å²) >= 11 is 2.18. The van der Waals surface area contributed by atoms with Crippen LogP contribution in [0.5, 0.6) is 0 Å². The highest BCUT2D eigenvalue weighted by molar-refractivity contribution is 14.1. The summed E-state index contributed by atoms with van der Waals surface area (Å²) in [6.45, 7) is 5.47. The third-order valence-corrected chi connectivity index (χ3v) is 2.66. The van der Waals surface area contributed by atoms with Gasteiger partial charge in [-0.3, -0.25) is 5.32 Å². The van der Waals surface area contributed by atoms with Crippen molar-refractivity contribution in [1.29, 1.82) is 0 Å². The predicted molar refractivity (Wildman–Crippen MR) is 78.7 cm³/mol. The summed E-state index contributed by atoms with van der Waals surface area (Å²) in [5, 5.41) is 3.61. The lowest BCUT2D eigenvalue weighted by atomic mass is 10.2. The Hall–Kier alpha value is -1.31. The molecular formula is C12H14IN3O2. The Morgan fingerprint density at radius 3 is 2.83 bits per heavy atom. The van der Waals surface area contributed by atoms with E-state index < -0.39 is 11.7 Å². The molecule has 6 heteroatoms. The van der Waals surface area contributed by atoms with E-state index in [0.29, 0.717) is 5.69 Å². The number of hydrogen-bond acceptors (Lipinski definition) is 3. The topological polar surface area (TPSA) is 67.0 Å². The number of rotatable bonds is 1. The standard InChI is InChI=1S/C12H14IN3O2/c1-12(2,3)18-11(17)15-8-4-7-5-9(13)16-10(7)14-6-8/h4-6H,1-3H3,(H,14,16)(H,15,17). The molecule has 0 bridgehead atoms. The van der Waals surface area contributed by atoms with Gasteiger partial charge in [-0.2, -0.15) is 0 Å². The number of carbonyl (C=O) groups is 1. The first-order chi connectivity index (χ1) is 8.33. The molecule has 0 radical (unpaired) electrons. The quantitative estimate of drug-likeness (QED) is 0.766. The Kier molecular flexibility index (Phi) is 3.47. The van der Waals surface area contributed by atoms with Gasteiger partial charge in [-0.1, -0.05) is 0 Å². The van der Waals surface area contributed by atoms with E-state index in [1.54, 1.807) is 6.20 Å². The van der Waals surface area contributed by atoms with Crippen LogP contribution in [-0.2, 0) is 4.74 Å². The normalized spacial score (nSPS) is 11.6. The molecule has 18 heavy (non-hydrogen) atoms. The number of hydrogen-bond donors (Lipinski definition) is 2. The number of halogens is 1. The van der Waals surface area contributed by atoms with Crippen molar-refractivity contribution in [3.8, 4) is 0 Å². The molecule has 0 aromatic carbocycles. The minimum atomic E-state index is -0.509. The predicted octanol–water partition coefficient (Wildman–Crippen LogP) is 3.51. The summed E-state index contributed by atoms with van der Waals surface area (Å²) in [5.41, 5.74) is 0.909. The van der Waals surface area contributed by atoms with Crippen LogP contribution in [-0.4, -0.2) is 21.7 Å². The lowest BCUT2D eigenvalue weighted by molar-refractivity contribution is 0.0636. The largest absolute Gasteiger partial charge is 0.444 e. The van der Waals surface area contributed by atoms with Gasteiger partial charge in [-0.15, -0.1) is 0 Å². The average molecular weight is 359 g/mol. The molecule has 0 spiro atoms. The summed E-state index contributed by atoms with van der Waals surface area (Å²) in [5.74, 6) is 0. The van der Waals surface area contributed by atoms with Gasteiger partial charge in [0.15, 0.2) is 0 Å². The molecule has 5 nitrogen and oxygen atoms in total. The van der Waals surface area contributed by atoms with Gasteiger partial charge in [0, 0.05) is 5.39 Å². The first-order valence-electron chi connectivity index (χ1n) is 5.48. The highest BCUT2D eigenvalue weighted by Crippen LogP contribution is 2.19. The highest BCUT2D eigenvalue weighted by atomic mass is 127. The zero-order valence-electron chi connectivity index (χ0n) is 10.4. The van der Waals surface area contributed by atoms with E-state index >= 15 is 0 Å². The monoisotopic (exact) mass is 359 g/mol. The van der Waals surface area contributed by atoms with Crippen LogP contribution in [0.15, 0.2) is 18.3 Å². The third-order valence-electron chi connectivity index (χ3n) is 2.08. The average Bonchev–Trinajstić information content (AvgIpc) is 2.53. The number of ether oxygens (including phenoxy) is 1. The molecule has 0 unspecified atom stereocenters. The lowest BCUT2D eigenvalue weighted by Gasteiger charge is -2.19. The first kappa shape index (κ1) is 13.1. The van der Waals surface area contributed by atoms with Gasteiger partial charge in [0.1, 0.15) is 11.2 Å². The number of carbonyl (C=O) groups excluding carboxylic acids is 1. The van der Waals surface area contributed by atoms with Gasteiger partial charge in [0.2, 0.25) is 0 Å². The number of amides is 1. The van der Waals surface area contributed by atoms with E-state index in [9.17, 15) is 4.79 Å². The second-order valence-corrected chi connectivity index (χ2v) is 6.07. The minimum Gasteiger partial charge on any atom is -0.444 e. The van der Waals surface area contributed by atoms with E-state index in [1.165, 1.54) is 0 Å². The maximum absolute atomic E-state index is 11.6. The molecule has 0 saturated carbocycles. The molecule has 0 atom stereocenters. The number of aromatic nitrogens is 2. The van der Waals surface area contributed by atoms with Crippen molar-refractivity contribution in [2.24, 2.45) is 0 Å². The van der Waals surface area contributed by atoms with Crippen molar-refractivity contribution < 1.29 is 9.53 Å². The van der Waals surface area contributed by atoms with Crippen LogP contribution in [0, 0.1) is 3.70 Å². The molecule has 2 rings (SSSR count). The second-order valence-electron chi connectivity index (χ2n) is 4.91. The van der Waals surface area contributed by atoms with Crippen LogP contribution < -0.4 is 5.32 Å². The van der Waals surface area contributed by atoms with Gasteiger partial charge >= 0.3 is 6.09 Å². The van der Waals surface area contributed by atoms with Crippen molar-refractivity contribution in [2.75, 3.05) is 5.32 Å². The smallest absolute Gasteiger partial charge is 0.412 e. The van der Waals surface area contributed by atoms with Gasteiger partial charge in [0.25, 0.3) is 0 Å². The number of H-pyrrole nitrogens is 1. The van der Waals surface area contributed by atoms with Crippen LogP contribution in [0.25, 0.3) is 11.0 Å². The van der Waals surface area contributed by atoms with Gasteiger partial charge in [0.05, 0.1) is 15.6 Å².